The summed E-state index contributed by atoms with van der Waals surface area (Å²) in [6.45, 7) is 15.2. The van der Waals surface area contributed by atoms with Gasteiger partial charge in [-0.25, -0.2) is 0 Å². The lowest BCUT2D eigenvalue weighted by molar-refractivity contribution is 0.106. The van der Waals surface area contributed by atoms with Crippen LogP contribution in [-0.2, 0) is 0 Å². The van der Waals surface area contributed by atoms with Crippen molar-refractivity contribution >= 4 is 0 Å². The summed E-state index contributed by atoms with van der Waals surface area (Å²) in [7, 11) is 0. The van der Waals surface area contributed by atoms with E-state index in [-0.39, 0.29) is 11.6 Å². The van der Waals surface area contributed by atoms with E-state index in [4.69, 9.17) is 5.73 Å². The number of hydrogen-bond acceptors (Lipinski definition) is 2. The average molecular weight is 248 g/mol. The molecule has 102 valence electrons. The molecule has 0 aliphatic heterocycles. The molecule has 2 nitrogen and oxygen atoms in total. The van der Waals surface area contributed by atoms with Crippen molar-refractivity contribution in [1.82, 2.24) is 4.90 Å². The Morgan fingerprint density at radius 2 is 1.72 bits per heavy atom. The number of rotatable bonds is 5. The molecule has 2 N–H and O–H groups in total. The zero-order chi connectivity index (χ0) is 13.9. The van der Waals surface area contributed by atoms with Crippen LogP contribution in [0.3, 0.4) is 0 Å². The molecule has 0 fully saturated rings. The number of hydrogen-bond donors (Lipinski definition) is 1. The molecule has 0 heterocycles. The minimum Gasteiger partial charge on any atom is -0.322 e. The van der Waals surface area contributed by atoms with E-state index in [1.165, 1.54) is 16.7 Å². The van der Waals surface area contributed by atoms with Gasteiger partial charge in [0.25, 0.3) is 0 Å². The summed E-state index contributed by atoms with van der Waals surface area (Å²) in [4.78, 5) is 2.43. The van der Waals surface area contributed by atoms with E-state index in [0.29, 0.717) is 0 Å². The van der Waals surface area contributed by atoms with Crippen LogP contribution in [0.5, 0.6) is 0 Å². The molecule has 0 saturated heterocycles. The maximum Gasteiger partial charge on any atom is 0.0479 e. The van der Waals surface area contributed by atoms with Gasteiger partial charge in [-0.05, 0) is 51.9 Å². The van der Waals surface area contributed by atoms with Gasteiger partial charge in [0.05, 0.1) is 0 Å². The van der Waals surface area contributed by atoms with Crippen LogP contribution in [0, 0.1) is 13.8 Å². The Bertz CT molecular complexity index is 392. The minimum atomic E-state index is -0.0243. The molecule has 1 unspecified atom stereocenters. The van der Waals surface area contributed by atoms with E-state index < -0.39 is 0 Å². The van der Waals surface area contributed by atoms with E-state index in [1.54, 1.807) is 0 Å². The van der Waals surface area contributed by atoms with E-state index in [9.17, 15) is 0 Å². The highest BCUT2D eigenvalue weighted by Gasteiger charge is 2.33. The molecule has 0 saturated carbocycles. The van der Waals surface area contributed by atoms with Crippen LogP contribution in [0.15, 0.2) is 18.2 Å². The second-order valence-corrected chi connectivity index (χ2v) is 5.66. The van der Waals surface area contributed by atoms with Crippen molar-refractivity contribution in [2.24, 2.45) is 5.73 Å². The lowest BCUT2D eigenvalue weighted by Gasteiger charge is -2.42. The highest BCUT2D eigenvalue weighted by atomic mass is 15.2. The molecule has 0 amide bonds. The van der Waals surface area contributed by atoms with Crippen molar-refractivity contribution < 1.29 is 0 Å². The summed E-state index contributed by atoms with van der Waals surface area (Å²) in [6.07, 6.45) is 0. The molecule has 0 spiro atoms. The molecule has 1 atom stereocenters. The van der Waals surface area contributed by atoms with Crippen molar-refractivity contribution in [3.63, 3.8) is 0 Å². The van der Waals surface area contributed by atoms with Gasteiger partial charge in [-0.2, -0.15) is 0 Å². The van der Waals surface area contributed by atoms with E-state index >= 15 is 0 Å². The van der Waals surface area contributed by atoms with Gasteiger partial charge in [0.15, 0.2) is 0 Å². The molecule has 0 bridgehead atoms. The fourth-order valence-electron chi connectivity index (χ4n) is 2.79. The molecule has 2 heteroatoms. The summed E-state index contributed by atoms with van der Waals surface area (Å²) in [5, 5.41) is 0. The predicted octanol–water partition coefficient (Wildman–Crippen LogP) is 3.42. The molecule has 0 radical (unpaired) electrons. The Balaban J connectivity index is 3.08. The third-order valence-electron chi connectivity index (χ3n) is 4.10. The number of likely N-dealkylation sites (N-methyl/N-ethyl adjacent to an activating group) is 1. The van der Waals surface area contributed by atoms with Crippen molar-refractivity contribution in [3.05, 3.63) is 34.9 Å². The zero-order valence-electron chi connectivity index (χ0n) is 12.7. The highest BCUT2D eigenvalue weighted by molar-refractivity contribution is 5.34. The minimum absolute atomic E-state index is 0.0243. The Hall–Kier alpha value is -0.860. The van der Waals surface area contributed by atoms with Crippen LogP contribution in [0.25, 0.3) is 0 Å². The Kier molecular flexibility index (Phi) is 4.94. The highest BCUT2D eigenvalue weighted by Crippen LogP contribution is 2.30. The largest absolute Gasteiger partial charge is 0.322 e. The van der Waals surface area contributed by atoms with Crippen molar-refractivity contribution in [1.29, 1.82) is 0 Å². The maximum absolute atomic E-state index is 6.53. The summed E-state index contributed by atoms with van der Waals surface area (Å²) in [5.74, 6) is 0. The van der Waals surface area contributed by atoms with E-state index in [1.807, 2.05) is 0 Å². The molecular weight excluding hydrogens is 220 g/mol. The Morgan fingerprint density at radius 3 is 2.17 bits per heavy atom. The van der Waals surface area contributed by atoms with Gasteiger partial charge in [-0.15, -0.1) is 0 Å². The number of benzene rings is 1. The van der Waals surface area contributed by atoms with Crippen LogP contribution >= 0.6 is 0 Å². The first-order chi connectivity index (χ1) is 8.34. The smallest absolute Gasteiger partial charge is 0.0479 e. The van der Waals surface area contributed by atoms with Gasteiger partial charge in [-0.1, -0.05) is 37.6 Å². The summed E-state index contributed by atoms with van der Waals surface area (Å²) >= 11 is 0. The fraction of sp³-hybridized carbons (Fsp3) is 0.625. The number of nitrogens with zero attached hydrogens (tertiary/aromatic N) is 1. The van der Waals surface area contributed by atoms with E-state index in [0.717, 1.165) is 13.1 Å². The van der Waals surface area contributed by atoms with Crippen LogP contribution in [0.2, 0.25) is 0 Å². The molecule has 0 aliphatic carbocycles. The van der Waals surface area contributed by atoms with Gasteiger partial charge in [-0.3, -0.25) is 4.90 Å². The van der Waals surface area contributed by atoms with Crippen LogP contribution in [0.1, 0.15) is 50.4 Å². The van der Waals surface area contributed by atoms with Crippen LogP contribution in [-0.4, -0.2) is 23.5 Å². The van der Waals surface area contributed by atoms with Gasteiger partial charge >= 0.3 is 0 Å². The molecule has 1 aromatic carbocycles. The maximum atomic E-state index is 6.53. The first-order valence-electron chi connectivity index (χ1n) is 6.92. The SMILES string of the molecule is CCN(CC)C(C)(C)C(N)c1ccc(C)cc1C. The summed E-state index contributed by atoms with van der Waals surface area (Å²) in [6, 6.07) is 6.59. The molecule has 1 aromatic rings. The predicted molar refractivity (Wildman–Crippen MR) is 79.8 cm³/mol. The topological polar surface area (TPSA) is 29.3 Å². The van der Waals surface area contributed by atoms with E-state index in [2.05, 4.69) is 64.6 Å². The molecule has 1 rings (SSSR count). The number of nitrogens with two attached hydrogens (primary N) is 1. The van der Waals surface area contributed by atoms with Gasteiger partial charge in [0.1, 0.15) is 0 Å². The second-order valence-electron chi connectivity index (χ2n) is 5.66. The standard InChI is InChI=1S/C16H28N2/c1-7-18(8-2)16(5,6)15(17)14-10-9-12(3)11-13(14)4/h9-11,15H,7-8,17H2,1-6H3. The Labute approximate surface area is 112 Å². The average Bonchev–Trinajstić information content (AvgIpc) is 2.29. The molecule has 0 aromatic heterocycles. The summed E-state index contributed by atoms with van der Waals surface area (Å²) < 4.78 is 0. The first kappa shape index (κ1) is 15.2. The first-order valence-corrected chi connectivity index (χ1v) is 6.92. The van der Waals surface area contributed by atoms with Crippen molar-refractivity contribution in [2.75, 3.05) is 13.1 Å². The molecular formula is C16H28N2. The van der Waals surface area contributed by atoms with Crippen molar-refractivity contribution in [3.8, 4) is 0 Å². The van der Waals surface area contributed by atoms with Gasteiger partial charge in [0, 0.05) is 11.6 Å². The van der Waals surface area contributed by atoms with Crippen molar-refractivity contribution in [2.45, 2.75) is 53.1 Å². The monoisotopic (exact) mass is 248 g/mol. The number of aryl methyl sites for hydroxylation is 2. The zero-order valence-corrected chi connectivity index (χ0v) is 12.7. The quantitative estimate of drug-likeness (QED) is 0.865. The molecule has 0 aliphatic rings. The second kappa shape index (κ2) is 5.85. The third-order valence-corrected chi connectivity index (χ3v) is 4.10. The van der Waals surface area contributed by atoms with Gasteiger partial charge in [0.2, 0.25) is 0 Å². The third kappa shape index (κ3) is 2.93. The molecule has 18 heavy (non-hydrogen) atoms. The normalized spacial score (nSPS) is 14.0. The van der Waals surface area contributed by atoms with Crippen LogP contribution in [0.4, 0.5) is 0 Å². The summed E-state index contributed by atoms with van der Waals surface area (Å²) in [5.41, 5.74) is 10.4. The Morgan fingerprint density at radius 1 is 1.17 bits per heavy atom. The fourth-order valence-corrected chi connectivity index (χ4v) is 2.79. The van der Waals surface area contributed by atoms with Crippen LogP contribution < -0.4 is 5.73 Å². The lowest BCUT2D eigenvalue weighted by atomic mass is 9.85. The van der Waals surface area contributed by atoms with Gasteiger partial charge < -0.3 is 5.73 Å². The lowest BCUT2D eigenvalue weighted by Crippen LogP contribution is -2.51.